The van der Waals surface area contributed by atoms with Crippen LogP contribution in [0.1, 0.15) is 105 Å². The molecule has 1 aromatic heterocycles. The SMILES string of the molecule is CC(C)(C)c1ccc(-c2ccc(-c3cc(C(C)(C)C)c4oc5c(C(C)(C)C)cccc5c4c3)c3cccc(C(C)(C)C)c23)cc1. The molecule has 0 N–H and O–H groups in total. The van der Waals surface area contributed by atoms with Gasteiger partial charge in [0.1, 0.15) is 11.2 Å². The van der Waals surface area contributed by atoms with E-state index in [4.69, 9.17) is 4.42 Å². The molecule has 0 saturated carbocycles. The van der Waals surface area contributed by atoms with Crippen molar-refractivity contribution in [1.82, 2.24) is 0 Å². The van der Waals surface area contributed by atoms with Gasteiger partial charge in [-0.05, 0) is 77.9 Å². The van der Waals surface area contributed by atoms with Crippen LogP contribution < -0.4 is 0 Å². The fourth-order valence-corrected chi connectivity index (χ4v) is 6.88. The highest BCUT2D eigenvalue weighted by molar-refractivity contribution is 6.12. The Morgan fingerprint density at radius 1 is 0.400 bits per heavy atom. The molecule has 0 bridgehead atoms. The molecule has 0 saturated heterocycles. The lowest BCUT2D eigenvalue weighted by Crippen LogP contribution is -2.12. The summed E-state index contributed by atoms with van der Waals surface area (Å²) in [6.45, 7) is 27.5. The number of furan rings is 1. The Hall–Kier alpha value is -3.84. The van der Waals surface area contributed by atoms with Gasteiger partial charge in [0.05, 0.1) is 0 Å². The van der Waals surface area contributed by atoms with Gasteiger partial charge in [-0.3, -0.25) is 0 Å². The molecule has 0 amide bonds. The van der Waals surface area contributed by atoms with Crippen molar-refractivity contribution in [3.05, 3.63) is 107 Å². The first kappa shape index (κ1) is 31.2. The van der Waals surface area contributed by atoms with Crippen LogP contribution in [-0.2, 0) is 21.7 Å². The number of fused-ring (bicyclic) bond motifs is 4. The maximum atomic E-state index is 6.82. The van der Waals surface area contributed by atoms with E-state index in [0.29, 0.717) is 0 Å². The molecule has 1 heterocycles. The molecule has 0 fully saturated rings. The minimum absolute atomic E-state index is 0.0110. The van der Waals surface area contributed by atoms with Crippen LogP contribution in [0.25, 0.3) is 55.0 Å². The molecule has 1 heteroatoms. The summed E-state index contributed by atoms with van der Waals surface area (Å²) in [5.74, 6) is 0. The van der Waals surface area contributed by atoms with Gasteiger partial charge in [0.25, 0.3) is 0 Å². The molecule has 5 aromatic carbocycles. The van der Waals surface area contributed by atoms with Crippen molar-refractivity contribution >= 4 is 32.7 Å². The zero-order chi connectivity index (χ0) is 32.7. The van der Waals surface area contributed by atoms with Crippen molar-refractivity contribution in [1.29, 1.82) is 0 Å². The third kappa shape index (κ3) is 5.50. The summed E-state index contributed by atoms with van der Waals surface area (Å²) in [6, 6.07) is 32.2. The maximum absolute atomic E-state index is 6.82. The van der Waals surface area contributed by atoms with Gasteiger partial charge in [-0.25, -0.2) is 0 Å². The molecule has 0 atom stereocenters. The van der Waals surface area contributed by atoms with Crippen LogP contribution in [0.4, 0.5) is 0 Å². The Morgan fingerprint density at radius 3 is 1.51 bits per heavy atom. The zero-order valence-electron chi connectivity index (χ0n) is 29.5. The second-order valence-electron chi connectivity index (χ2n) is 17.2. The highest BCUT2D eigenvalue weighted by Gasteiger charge is 2.27. The fourth-order valence-electron chi connectivity index (χ4n) is 6.88. The van der Waals surface area contributed by atoms with Gasteiger partial charge in [-0.15, -0.1) is 0 Å². The van der Waals surface area contributed by atoms with E-state index in [1.165, 1.54) is 66.1 Å². The van der Waals surface area contributed by atoms with Crippen LogP contribution in [0.15, 0.2) is 89.3 Å². The largest absolute Gasteiger partial charge is 0.455 e. The van der Waals surface area contributed by atoms with Gasteiger partial charge in [0, 0.05) is 21.9 Å². The highest BCUT2D eigenvalue weighted by Crippen LogP contribution is 2.46. The average Bonchev–Trinajstić information content (AvgIpc) is 3.32. The normalized spacial score (nSPS) is 13.3. The predicted octanol–water partition coefficient (Wildman–Crippen LogP) is 13.3. The number of hydrogen-bond acceptors (Lipinski definition) is 1. The van der Waals surface area contributed by atoms with Crippen LogP contribution in [0.2, 0.25) is 0 Å². The summed E-state index contributed by atoms with van der Waals surface area (Å²) in [7, 11) is 0. The zero-order valence-corrected chi connectivity index (χ0v) is 29.5. The molecule has 232 valence electrons. The van der Waals surface area contributed by atoms with E-state index in [1.807, 2.05) is 0 Å². The van der Waals surface area contributed by atoms with Crippen LogP contribution in [0, 0.1) is 0 Å². The topological polar surface area (TPSA) is 13.1 Å². The monoisotopic (exact) mass is 594 g/mol. The van der Waals surface area contributed by atoms with Crippen LogP contribution in [-0.4, -0.2) is 0 Å². The molecule has 45 heavy (non-hydrogen) atoms. The van der Waals surface area contributed by atoms with Crippen LogP contribution >= 0.6 is 0 Å². The molecule has 0 aliphatic carbocycles. The molecule has 6 rings (SSSR count). The Balaban J connectivity index is 1.68. The molecular formula is C44H50O. The van der Waals surface area contributed by atoms with Crippen LogP contribution in [0.5, 0.6) is 0 Å². The van der Waals surface area contributed by atoms with Crippen molar-refractivity contribution in [3.8, 4) is 22.3 Å². The molecular weight excluding hydrogens is 544 g/mol. The minimum Gasteiger partial charge on any atom is -0.455 e. The molecule has 0 unspecified atom stereocenters. The summed E-state index contributed by atoms with van der Waals surface area (Å²) >= 11 is 0. The van der Waals surface area contributed by atoms with Gasteiger partial charge in [0.2, 0.25) is 0 Å². The molecule has 6 aromatic rings. The van der Waals surface area contributed by atoms with Crippen LogP contribution in [0.3, 0.4) is 0 Å². The van der Waals surface area contributed by atoms with Gasteiger partial charge < -0.3 is 4.42 Å². The summed E-state index contributed by atoms with van der Waals surface area (Å²) in [5.41, 5.74) is 12.3. The predicted molar refractivity (Wildman–Crippen MR) is 197 cm³/mol. The first-order valence-electron chi connectivity index (χ1n) is 16.5. The molecule has 0 radical (unpaired) electrons. The Morgan fingerprint density at radius 2 is 0.933 bits per heavy atom. The van der Waals surface area contributed by atoms with E-state index < -0.39 is 0 Å². The van der Waals surface area contributed by atoms with E-state index in [-0.39, 0.29) is 21.7 Å². The first-order chi connectivity index (χ1) is 20.9. The molecule has 1 nitrogen and oxygen atoms in total. The molecule has 0 aliphatic heterocycles. The Labute approximate surface area is 270 Å². The Kier molecular flexibility index (Phi) is 7.16. The first-order valence-corrected chi connectivity index (χ1v) is 16.5. The van der Waals surface area contributed by atoms with E-state index in [9.17, 15) is 0 Å². The quantitative estimate of drug-likeness (QED) is 0.194. The van der Waals surface area contributed by atoms with Crippen molar-refractivity contribution < 1.29 is 4.42 Å². The number of para-hydroxylation sites is 1. The minimum atomic E-state index is -0.0921. The van der Waals surface area contributed by atoms with E-state index >= 15 is 0 Å². The summed E-state index contributed by atoms with van der Waals surface area (Å²) in [4.78, 5) is 0. The number of benzene rings is 5. The lowest BCUT2D eigenvalue weighted by atomic mass is 9.79. The average molecular weight is 595 g/mol. The van der Waals surface area contributed by atoms with Gasteiger partial charge >= 0.3 is 0 Å². The lowest BCUT2D eigenvalue weighted by Gasteiger charge is -2.25. The van der Waals surface area contributed by atoms with E-state index in [1.54, 1.807) is 0 Å². The maximum Gasteiger partial charge on any atom is 0.139 e. The van der Waals surface area contributed by atoms with E-state index in [2.05, 4.69) is 168 Å². The van der Waals surface area contributed by atoms with Crippen molar-refractivity contribution in [2.24, 2.45) is 0 Å². The van der Waals surface area contributed by atoms with Gasteiger partial charge in [0.15, 0.2) is 0 Å². The standard InChI is InChI=1S/C44H50O/c1-41(2,3)29-21-19-27(20-22-29)31-24-23-30(32-15-13-17-35(38(31)32)42(4,5)6)28-25-34-33-16-14-18-36(43(7,8)9)39(33)45-40(34)37(26-28)44(10,11)12/h13-26H,1-12H3. The van der Waals surface area contributed by atoms with Crippen molar-refractivity contribution in [3.63, 3.8) is 0 Å². The Bertz CT molecular complexity index is 2050. The number of rotatable bonds is 2. The van der Waals surface area contributed by atoms with E-state index in [0.717, 1.165) is 11.2 Å². The van der Waals surface area contributed by atoms with Crippen molar-refractivity contribution in [2.45, 2.75) is 105 Å². The lowest BCUT2D eigenvalue weighted by molar-refractivity contribution is 0.557. The third-order valence-corrected chi connectivity index (χ3v) is 9.44. The smallest absolute Gasteiger partial charge is 0.139 e. The second kappa shape index (κ2) is 10.3. The second-order valence-corrected chi connectivity index (χ2v) is 17.2. The molecule has 0 aliphatic rings. The number of hydrogen-bond donors (Lipinski definition) is 0. The summed E-state index contributed by atoms with van der Waals surface area (Å²) < 4.78 is 6.82. The fraction of sp³-hybridized carbons (Fsp3) is 0.364. The van der Waals surface area contributed by atoms with Gasteiger partial charge in [-0.1, -0.05) is 156 Å². The summed E-state index contributed by atoms with van der Waals surface area (Å²) in [6.07, 6.45) is 0. The molecule has 0 spiro atoms. The van der Waals surface area contributed by atoms with Crippen molar-refractivity contribution in [2.75, 3.05) is 0 Å². The van der Waals surface area contributed by atoms with Gasteiger partial charge in [-0.2, -0.15) is 0 Å². The third-order valence-electron chi connectivity index (χ3n) is 9.44. The highest BCUT2D eigenvalue weighted by atomic mass is 16.3. The summed E-state index contributed by atoms with van der Waals surface area (Å²) in [5, 5.41) is 5.03.